The highest BCUT2D eigenvalue weighted by atomic mass is 35.5. The fraction of sp³-hybridized carbons (Fsp3) is 0.0417. The van der Waals surface area contributed by atoms with Crippen LogP contribution in [0, 0.1) is 0 Å². The highest BCUT2D eigenvalue weighted by Gasteiger charge is 2.29. The van der Waals surface area contributed by atoms with Crippen molar-refractivity contribution >= 4 is 46.6 Å². The largest absolute Gasteiger partial charge is 0.349 e. The first-order valence-corrected chi connectivity index (χ1v) is 11.5. The van der Waals surface area contributed by atoms with E-state index in [1.165, 1.54) is 12.1 Å². The van der Waals surface area contributed by atoms with Crippen LogP contribution in [0.2, 0.25) is 15.1 Å². The molecule has 0 fully saturated rings. The van der Waals surface area contributed by atoms with Gasteiger partial charge in [0.2, 0.25) is 0 Å². The molecule has 3 N–H and O–H groups in total. The molecule has 36 heavy (non-hydrogen) atoms. The third-order valence-corrected chi connectivity index (χ3v) is 5.99. The molecule has 182 valence electrons. The van der Waals surface area contributed by atoms with Gasteiger partial charge in [0.1, 0.15) is 6.20 Å². The second-order valence-electron chi connectivity index (χ2n) is 7.47. The number of nitrogens with one attached hydrogen (secondary N) is 3. The smallest absolute Gasteiger partial charge is 0.272 e. The van der Waals surface area contributed by atoms with Crippen molar-refractivity contribution in [3.63, 3.8) is 0 Å². The SMILES string of the molecule is O=C(NNC(=O)C(c1ccc(Cl)cc1)c1c(Cl)cc(-n2ncc(=O)[nH]c2=O)cc1Cl)c1ccccc1. The number of hydrogen-bond donors (Lipinski definition) is 3. The normalized spacial score (nSPS) is 11.5. The lowest BCUT2D eigenvalue weighted by molar-refractivity contribution is -0.122. The second-order valence-corrected chi connectivity index (χ2v) is 8.72. The monoisotopic (exact) mass is 543 g/mol. The lowest BCUT2D eigenvalue weighted by atomic mass is 9.90. The molecule has 9 nitrogen and oxygen atoms in total. The van der Waals surface area contributed by atoms with E-state index in [0.717, 1.165) is 10.9 Å². The van der Waals surface area contributed by atoms with Gasteiger partial charge in [0.25, 0.3) is 17.4 Å². The summed E-state index contributed by atoms with van der Waals surface area (Å²) in [5.74, 6) is -2.21. The molecule has 1 atom stereocenters. The Bertz CT molecular complexity index is 1530. The Morgan fingerprint density at radius 2 is 1.53 bits per heavy atom. The number of aromatic nitrogens is 3. The van der Waals surface area contributed by atoms with Crippen molar-refractivity contribution in [1.82, 2.24) is 25.6 Å². The topological polar surface area (TPSA) is 126 Å². The Labute approximate surface area is 218 Å². The van der Waals surface area contributed by atoms with E-state index in [1.54, 1.807) is 54.6 Å². The predicted octanol–water partition coefficient (Wildman–Crippen LogP) is 3.47. The van der Waals surface area contributed by atoms with Crippen molar-refractivity contribution in [1.29, 1.82) is 0 Å². The van der Waals surface area contributed by atoms with Crippen LogP contribution < -0.4 is 22.1 Å². The molecular formula is C24H16Cl3N5O4. The summed E-state index contributed by atoms with van der Waals surface area (Å²) in [4.78, 5) is 51.3. The van der Waals surface area contributed by atoms with Crippen LogP contribution in [0.5, 0.6) is 0 Å². The van der Waals surface area contributed by atoms with Crippen LogP contribution in [0.4, 0.5) is 0 Å². The van der Waals surface area contributed by atoms with Gasteiger partial charge in [-0.1, -0.05) is 65.1 Å². The Morgan fingerprint density at radius 3 is 2.14 bits per heavy atom. The van der Waals surface area contributed by atoms with Crippen LogP contribution in [0.25, 0.3) is 5.69 Å². The van der Waals surface area contributed by atoms with Gasteiger partial charge < -0.3 is 0 Å². The number of carbonyl (C=O) groups is 2. The van der Waals surface area contributed by atoms with Crippen molar-refractivity contribution in [3.8, 4) is 5.69 Å². The number of H-pyrrole nitrogens is 1. The van der Waals surface area contributed by atoms with Crippen molar-refractivity contribution < 1.29 is 9.59 Å². The minimum atomic E-state index is -1.06. The van der Waals surface area contributed by atoms with Crippen molar-refractivity contribution in [2.75, 3.05) is 0 Å². The van der Waals surface area contributed by atoms with Gasteiger partial charge in [0, 0.05) is 26.2 Å². The molecule has 3 aromatic carbocycles. The van der Waals surface area contributed by atoms with Gasteiger partial charge in [0.15, 0.2) is 0 Å². The zero-order valence-corrected chi connectivity index (χ0v) is 20.4. The van der Waals surface area contributed by atoms with E-state index in [0.29, 0.717) is 16.1 Å². The number of benzene rings is 3. The molecule has 0 aliphatic heterocycles. The zero-order chi connectivity index (χ0) is 25.8. The van der Waals surface area contributed by atoms with E-state index in [-0.39, 0.29) is 21.3 Å². The number of hydrogen-bond acceptors (Lipinski definition) is 5. The maximum atomic E-state index is 13.3. The average Bonchev–Trinajstić information content (AvgIpc) is 2.85. The van der Waals surface area contributed by atoms with Gasteiger partial charge in [-0.3, -0.25) is 30.2 Å². The lowest BCUT2D eigenvalue weighted by Crippen LogP contribution is -2.44. The zero-order valence-electron chi connectivity index (χ0n) is 18.2. The molecule has 0 spiro atoms. The molecule has 4 rings (SSSR count). The van der Waals surface area contributed by atoms with Crippen molar-refractivity contribution in [2.45, 2.75) is 5.92 Å². The van der Waals surface area contributed by atoms with Crippen LogP contribution >= 0.6 is 34.8 Å². The lowest BCUT2D eigenvalue weighted by Gasteiger charge is -2.21. The standard InChI is InChI=1S/C24H16Cl3N5O4/c25-15-8-6-13(7-9-15)20(23(35)31-30-22(34)14-4-2-1-3-5-14)21-17(26)10-16(11-18(21)27)32-24(36)29-19(33)12-28-32/h1-12,20H,(H,30,34)(H,31,35)(H,29,33,36). The molecule has 0 aliphatic rings. The third kappa shape index (κ3) is 5.49. The number of carbonyl (C=O) groups excluding carboxylic acids is 2. The number of rotatable bonds is 5. The summed E-state index contributed by atoms with van der Waals surface area (Å²) in [6.45, 7) is 0. The molecule has 0 aliphatic carbocycles. The van der Waals surface area contributed by atoms with Gasteiger partial charge in [-0.05, 0) is 42.0 Å². The number of halogens is 3. The molecule has 0 bridgehead atoms. The van der Waals surface area contributed by atoms with Gasteiger partial charge in [-0.15, -0.1) is 0 Å². The number of aromatic amines is 1. The maximum absolute atomic E-state index is 13.3. The van der Waals surface area contributed by atoms with E-state index in [9.17, 15) is 19.2 Å². The molecule has 0 saturated carbocycles. The first-order chi connectivity index (χ1) is 17.2. The fourth-order valence-corrected chi connectivity index (χ4v) is 4.28. The third-order valence-electron chi connectivity index (χ3n) is 5.11. The molecule has 1 aromatic heterocycles. The minimum Gasteiger partial charge on any atom is -0.272 e. The minimum absolute atomic E-state index is 0.0434. The molecule has 4 aromatic rings. The second kappa shape index (κ2) is 10.8. The van der Waals surface area contributed by atoms with Crippen LogP contribution in [0.1, 0.15) is 27.4 Å². The summed E-state index contributed by atoms with van der Waals surface area (Å²) in [6.07, 6.45) is 0.927. The predicted molar refractivity (Wildman–Crippen MR) is 136 cm³/mol. The van der Waals surface area contributed by atoms with E-state index in [4.69, 9.17) is 34.8 Å². The Hall–Kier alpha value is -3.92. The molecule has 1 heterocycles. The maximum Gasteiger partial charge on any atom is 0.349 e. The van der Waals surface area contributed by atoms with Crippen molar-refractivity contribution in [3.05, 3.63) is 126 Å². The Balaban J connectivity index is 1.72. The van der Waals surface area contributed by atoms with Gasteiger partial charge in [0.05, 0.1) is 11.6 Å². The Kier molecular flexibility index (Phi) is 7.54. The Morgan fingerprint density at radius 1 is 0.889 bits per heavy atom. The van der Waals surface area contributed by atoms with Crippen LogP contribution in [-0.4, -0.2) is 26.6 Å². The van der Waals surface area contributed by atoms with Gasteiger partial charge >= 0.3 is 5.69 Å². The fourth-order valence-electron chi connectivity index (χ4n) is 3.46. The summed E-state index contributed by atoms with van der Waals surface area (Å²) in [5, 5.41) is 4.32. The van der Waals surface area contributed by atoms with E-state index >= 15 is 0 Å². The van der Waals surface area contributed by atoms with Crippen LogP contribution in [0.15, 0.2) is 82.5 Å². The van der Waals surface area contributed by atoms with E-state index in [1.807, 2.05) is 0 Å². The number of nitrogens with zero attached hydrogens (tertiary/aromatic N) is 2. The summed E-state index contributed by atoms with van der Waals surface area (Å²) in [5.41, 5.74) is 4.55. The summed E-state index contributed by atoms with van der Waals surface area (Å²) in [6, 6.07) is 17.5. The quantitative estimate of drug-likeness (QED) is 0.332. The van der Waals surface area contributed by atoms with Gasteiger partial charge in [-0.25, -0.2) is 4.79 Å². The van der Waals surface area contributed by atoms with Crippen molar-refractivity contribution in [2.24, 2.45) is 0 Å². The first kappa shape index (κ1) is 25.2. The van der Waals surface area contributed by atoms with Crippen LogP contribution in [0.3, 0.4) is 0 Å². The molecule has 0 saturated heterocycles. The highest BCUT2D eigenvalue weighted by Crippen LogP contribution is 2.37. The number of amides is 2. The first-order valence-electron chi connectivity index (χ1n) is 10.3. The molecule has 0 radical (unpaired) electrons. The molecular weight excluding hydrogens is 529 g/mol. The summed E-state index contributed by atoms with van der Waals surface area (Å²) in [7, 11) is 0. The molecule has 1 unspecified atom stereocenters. The van der Waals surface area contributed by atoms with E-state index < -0.39 is 29.0 Å². The van der Waals surface area contributed by atoms with E-state index in [2.05, 4.69) is 20.9 Å². The average molecular weight is 545 g/mol. The van der Waals surface area contributed by atoms with Gasteiger partial charge in [-0.2, -0.15) is 9.78 Å². The number of hydrazine groups is 1. The highest BCUT2D eigenvalue weighted by molar-refractivity contribution is 6.37. The molecule has 2 amide bonds. The summed E-state index contributed by atoms with van der Waals surface area (Å²) < 4.78 is 0.903. The summed E-state index contributed by atoms with van der Waals surface area (Å²) >= 11 is 19.1. The molecule has 12 heteroatoms. The van der Waals surface area contributed by atoms with Crippen LogP contribution in [-0.2, 0) is 4.79 Å².